The minimum absolute atomic E-state index is 0.0891. The third-order valence-corrected chi connectivity index (χ3v) is 7.03. The second-order valence-corrected chi connectivity index (χ2v) is 10.1. The second-order valence-electron chi connectivity index (χ2n) is 10.1. The Balaban J connectivity index is 1.29. The Bertz CT molecular complexity index is 1680. The summed E-state index contributed by atoms with van der Waals surface area (Å²) in [5, 5.41) is 13.6. The normalized spacial score (nSPS) is 12.5. The fraction of sp³-hybridized carbons (Fsp3) is 0.267. The first-order chi connectivity index (χ1) is 19.0. The predicted molar refractivity (Wildman–Crippen MR) is 148 cm³/mol. The van der Waals surface area contributed by atoms with Crippen molar-refractivity contribution in [2.75, 3.05) is 6.79 Å². The van der Waals surface area contributed by atoms with E-state index >= 15 is 0 Å². The van der Waals surface area contributed by atoms with Crippen LogP contribution in [0.25, 0.3) is 10.9 Å². The predicted octanol–water partition coefficient (Wildman–Crippen LogP) is 4.31. The molecule has 0 saturated carbocycles. The number of hydrogen-bond acceptors (Lipinski definition) is 7. The Morgan fingerprint density at radius 2 is 1.77 bits per heavy atom. The Morgan fingerprint density at radius 3 is 2.64 bits per heavy atom. The summed E-state index contributed by atoms with van der Waals surface area (Å²) in [7, 11) is 0. The lowest BCUT2D eigenvalue weighted by atomic mass is 10.0. The molecule has 9 nitrogen and oxygen atoms in total. The van der Waals surface area contributed by atoms with E-state index in [4.69, 9.17) is 9.47 Å². The van der Waals surface area contributed by atoms with E-state index in [0.717, 1.165) is 51.3 Å². The van der Waals surface area contributed by atoms with Gasteiger partial charge in [0.15, 0.2) is 17.3 Å². The van der Waals surface area contributed by atoms with Gasteiger partial charge in [0.2, 0.25) is 6.79 Å². The summed E-state index contributed by atoms with van der Waals surface area (Å²) in [5.74, 6) is 2.22. The van der Waals surface area contributed by atoms with Crippen LogP contribution in [0, 0.1) is 13.8 Å². The summed E-state index contributed by atoms with van der Waals surface area (Å²) >= 11 is 0. The number of aromatic amines is 1. The molecule has 0 atom stereocenters. The molecular weight excluding hydrogens is 492 g/mol. The van der Waals surface area contributed by atoms with Gasteiger partial charge in [-0.3, -0.25) is 9.69 Å². The van der Waals surface area contributed by atoms with Crippen LogP contribution in [0.5, 0.6) is 11.5 Å². The summed E-state index contributed by atoms with van der Waals surface area (Å²) in [5.41, 5.74) is 5.97. The zero-order chi connectivity index (χ0) is 26.8. The van der Waals surface area contributed by atoms with Gasteiger partial charge in [-0.05, 0) is 77.0 Å². The first-order valence-corrected chi connectivity index (χ1v) is 13.0. The monoisotopic (exact) mass is 522 g/mol. The number of aryl methyl sites for hydroxylation is 4. The molecule has 198 valence electrons. The molecule has 1 N–H and O–H groups in total. The lowest BCUT2D eigenvalue weighted by Gasteiger charge is -2.22. The SMILES string of the molecule is Cc1cc(C)c2[nH]c(=O)c(CN(Cc3ccc4c(c3)OCO4)Cc3nnnn3CCc3ccccc3)cc2c1. The molecule has 3 aromatic carbocycles. The van der Waals surface area contributed by atoms with E-state index in [1.807, 2.05) is 54.1 Å². The third-order valence-electron chi connectivity index (χ3n) is 7.03. The van der Waals surface area contributed by atoms with Crippen molar-refractivity contribution in [2.45, 2.75) is 46.4 Å². The summed E-state index contributed by atoms with van der Waals surface area (Å²) < 4.78 is 12.9. The van der Waals surface area contributed by atoms with Gasteiger partial charge in [-0.25, -0.2) is 4.68 Å². The molecule has 0 radical (unpaired) electrons. The molecule has 0 spiro atoms. The minimum Gasteiger partial charge on any atom is -0.454 e. The number of rotatable bonds is 9. The Kier molecular flexibility index (Phi) is 6.81. The van der Waals surface area contributed by atoms with E-state index in [9.17, 15) is 4.79 Å². The average Bonchev–Trinajstić information content (AvgIpc) is 3.58. The number of aromatic nitrogens is 5. The smallest absolute Gasteiger partial charge is 0.252 e. The molecule has 3 heterocycles. The first kappa shape index (κ1) is 24.8. The van der Waals surface area contributed by atoms with Crippen LogP contribution in [0.3, 0.4) is 0 Å². The van der Waals surface area contributed by atoms with Crippen molar-refractivity contribution in [1.82, 2.24) is 30.1 Å². The zero-order valence-corrected chi connectivity index (χ0v) is 22.1. The van der Waals surface area contributed by atoms with E-state index < -0.39 is 0 Å². The van der Waals surface area contributed by atoms with Gasteiger partial charge in [0.05, 0.1) is 12.1 Å². The number of pyridine rings is 1. The van der Waals surface area contributed by atoms with Gasteiger partial charge in [0, 0.05) is 25.2 Å². The maximum Gasteiger partial charge on any atom is 0.252 e. The van der Waals surface area contributed by atoms with Gasteiger partial charge in [-0.15, -0.1) is 5.10 Å². The van der Waals surface area contributed by atoms with Crippen molar-refractivity contribution in [1.29, 1.82) is 0 Å². The highest BCUT2D eigenvalue weighted by Gasteiger charge is 2.19. The van der Waals surface area contributed by atoms with Gasteiger partial charge in [0.1, 0.15) is 0 Å². The van der Waals surface area contributed by atoms with Crippen molar-refractivity contribution in [3.05, 3.63) is 111 Å². The van der Waals surface area contributed by atoms with Crippen LogP contribution in [-0.4, -0.2) is 36.9 Å². The highest BCUT2D eigenvalue weighted by Crippen LogP contribution is 2.33. The Labute approximate surface area is 226 Å². The van der Waals surface area contributed by atoms with Crippen LogP contribution in [0.2, 0.25) is 0 Å². The fourth-order valence-electron chi connectivity index (χ4n) is 5.15. The van der Waals surface area contributed by atoms with Crippen molar-refractivity contribution >= 4 is 10.9 Å². The van der Waals surface area contributed by atoms with Crippen molar-refractivity contribution < 1.29 is 9.47 Å². The lowest BCUT2D eigenvalue weighted by Crippen LogP contribution is -2.28. The number of hydrogen-bond donors (Lipinski definition) is 1. The molecule has 0 saturated heterocycles. The lowest BCUT2D eigenvalue weighted by molar-refractivity contribution is 0.174. The van der Waals surface area contributed by atoms with E-state index in [-0.39, 0.29) is 12.4 Å². The zero-order valence-electron chi connectivity index (χ0n) is 22.1. The minimum atomic E-state index is -0.0891. The Morgan fingerprint density at radius 1 is 0.923 bits per heavy atom. The van der Waals surface area contributed by atoms with Gasteiger partial charge < -0.3 is 14.5 Å². The van der Waals surface area contributed by atoms with Gasteiger partial charge >= 0.3 is 0 Å². The third kappa shape index (κ3) is 5.53. The molecule has 0 unspecified atom stereocenters. The number of nitrogens with zero attached hydrogens (tertiary/aromatic N) is 5. The number of H-pyrrole nitrogens is 1. The number of tetrazole rings is 1. The largest absolute Gasteiger partial charge is 0.454 e. The van der Waals surface area contributed by atoms with Gasteiger partial charge in [0.25, 0.3) is 5.56 Å². The molecule has 0 amide bonds. The first-order valence-electron chi connectivity index (χ1n) is 13.0. The Hall–Kier alpha value is -4.50. The van der Waals surface area contributed by atoms with E-state index in [1.165, 1.54) is 5.56 Å². The molecule has 2 aromatic heterocycles. The van der Waals surface area contributed by atoms with Gasteiger partial charge in [-0.1, -0.05) is 48.0 Å². The molecule has 0 aliphatic carbocycles. The fourth-order valence-corrected chi connectivity index (χ4v) is 5.15. The van der Waals surface area contributed by atoms with Crippen LogP contribution >= 0.6 is 0 Å². The van der Waals surface area contributed by atoms with Crippen molar-refractivity contribution in [3.63, 3.8) is 0 Å². The molecule has 39 heavy (non-hydrogen) atoms. The molecule has 6 rings (SSSR count). The van der Waals surface area contributed by atoms with Crippen molar-refractivity contribution in [3.8, 4) is 11.5 Å². The maximum atomic E-state index is 13.2. The highest BCUT2D eigenvalue weighted by atomic mass is 16.7. The number of fused-ring (bicyclic) bond motifs is 2. The molecule has 0 fully saturated rings. The number of benzene rings is 3. The molecular formula is C30H30N6O3. The average molecular weight is 523 g/mol. The van der Waals surface area contributed by atoms with E-state index in [2.05, 4.69) is 56.6 Å². The van der Waals surface area contributed by atoms with Crippen LogP contribution in [-0.2, 0) is 32.6 Å². The maximum absolute atomic E-state index is 13.2. The van der Waals surface area contributed by atoms with E-state index in [0.29, 0.717) is 31.7 Å². The second kappa shape index (κ2) is 10.7. The van der Waals surface area contributed by atoms with Crippen molar-refractivity contribution in [2.24, 2.45) is 0 Å². The van der Waals surface area contributed by atoms with E-state index in [1.54, 1.807) is 0 Å². The summed E-state index contributed by atoms with van der Waals surface area (Å²) in [6.45, 7) is 6.46. The molecule has 5 aromatic rings. The van der Waals surface area contributed by atoms with Crippen LogP contribution < -0.4 is 15.0 Å². The quantitative estimate of drug-likeness (QED) is 0.308. The topological polar surface area (TPSA) is 98.2 Å². The number of nitrogens with one attached hydrogen (secondary N) is 1. The molecule has 0 bridgehead atoms. The summed E-state index contributed by atoms with van der Waals surface area (Å²) in [6, 6.07) is 22.4. The standard InChI is InChI=1S/C30H30N6O3/c1-20-12-21(2)29-24(13-20)15-25(30(37)31-29)17-35(16-23-8-9-26-27(14-23)39-19-38-26)18-28-32-33-34-36(28)11-10-22-6-4-3-5-7-22/h3-9,12-15H,10-11,16-19H2,1-2H3,(H,31,37). The molecule has 1 aliphatic rings. The number of ether oxygens (including phenoxy) is 2. The summed E-state index contributed by atoms with van der Waals surface area (Å²) in [6.07, 6.45) is 0.823. The van der Waals surface area contributed by atoms with Crippen LogP contribution in [0.15, 0.2) is 71.5 Å². The molecule has 1 aliphatic heterocycles. The van der Waals surface area contributed by atoms with Gasteiger partial charge in [-0.2, -0.15) is 0 Å². The summed E-state index contributed by atoms with van der Waals surface area (Å²) in [4.78, 5) is 18.5. The highest BCUT2D eigenvalue weighted by molar-refractivity contribution is 5.82. The molecule has 9 heteroatoms. The van der Waals surface area contributed by atoms with Crippen LogP contribution in [0.1, 0.15) is 33.6 Å². The van der Waals surface area contributed by atoms with Crippen LogP contribution in [0.4, 0.5) is 0 Å².